The summed E-state index contributed by atoms with van der Waals surface area (Å²) >= 11 is 0. The minimum atomic E-state index is -0.587. The van der Waals surface area contributed by atoms with Gasteiger partial charge in [-0.3, -0.25) is 39.1 Å². The molecular weight excluding hydrogens is 1100 g/mol. The number of phenols is 4. The smallest absolute Gasteiger partial charge is 0.313 e. The van der Waals surface area contributed by atoms with E-state index in [2.05, 4.69) is 0 Å². The zero-order valence-electron chi connectivity index (χ0n) is 52.2. The van der Waals surface area contributed by atoms with E-state index in [0.717, 1.165) is 25.7 Å². The van der Waals surface area contributed by atoms with Crippen molar-refractivity contribution in [3.05, 3.63) is 93.0 Å². The number of rotatable bonds is 0. The zero-order valence-corrected chi connectivity index (χ0v) is 52.2. The van der Waals surface area contributed by atoms with Crippen molar-refractivity contribution < 1.29 is 68.0 Å². The zero-order chi connectivity index (χ0) is 62.7. The predicted molar refractivity (Wildman–Crippen MR) is 332 cm³/mol. The molecule has 2 saturated carbocycles. The van der Waals surface area contributed by atoms with Gasteiger partial charge >= 0.3 is 23.9 Å². The molecule has 0 aromatic heterocycles. The lowest BCUT2D eigenvalue weighted by Crippen LogP contribution is -2.27. The number of carbonyl (C=O) groups is 4. The van der Waals surface area contributed by atoms with Crippen LogP contribution < -0.4 is 18.9 Å². The van der Waals surface area contributed by atoms with Crippen LogP contribution in [0, 0.1) is 0 Å². The molecule has 4 aromatic rings. The summed E-state index contributed by atoms with van der Waals surface area (Å²) in [7, 11) is 0. The normalized spacial score (nSPS) is 20.9. The van der Waals surface area contributed by atoms with Gasteiger partial charge in [0.2, 0.25) is 0 Å². The highest BCUT2D eigenvalue weighted by Crippen LogP contribution is 2.41. The molecule has 4 atom stereocenters. The Balaban J connectivity index is 1.16. The molecule has 0 saturated heterocycles. The third kappa shape index (κ3) is 18.3. The summed E-state index contributed by atoms with van der Waals surface area (Å²) in [5.74, 6) is -1.51. The molecule has 0 radical (unpaired) electrons. The lowest BCUT2D eigenvalue weighted by atomic mass is 9.85. The van der Waals surface area contributed by atoms with Gasteiger partial charge in [-0.2, -0.15) is 0 Å². The van der Waals surface area contributed by atoms with E-state index in [1.54, 1.807) is 73.4 Å². The van der Waals surface area contributed by atoms with E-state index >= 15 is 0 Å². The molecule has 2 fully saturated rings. The van der Waals surface area contributed by atoms with E-state index in [0.29, 0.717) is 70.2 Å². The molecule has 86 heavy (non-hydrogen) atoms. The fourth-order valence-corrected chi connectivity index (χ4v) is 10.6. The third-order valence-electron chi connectivity index (χ3n) is 15.4. The molecule has 7 rings (SSSR count). The molecule has 18 heteroatoms. The summed E-state index contributed by atoms with van der Waals surface area (Å²) < 4.78 is 34.7. The van der Waals surface area contributed by atoms with E-state index in [-0.39, 0.29) is 122 Å². The van der Waals surface area contributed by atoms with E-state index in [1.165, 1.54) is 0 Å². The second-order valence-corrected chi connectivity index (χ2v) is 26.7. The van der Waals surface area contributed by atoms with Gasteiger partial charge in [0, 0.05) is 69.4 Å². The van der Waals surface area contributed by atoms with Crippen molar-refractivity contribution in [2.45, 2.75) is 206 Å². The van der Waals surface area contributed by atoms with Crippen LogP contribution in [0.5, 0.6) is 46.0 Å². The second kappa shape index (κ2) is 28.4. The van der Waals surface area contributed by atoms with Crippen molar-refractivity contribution in [3.63, 3.8) is 0 Å². The number of fused-ring (bicyclic) bond motifs is 10. The van der Waals surface area contributed by atoms with Gasteiger partial charge in [-0.05, 0) is 95.9 Å². The van der Waals surface area contributed by atoms with Gasteiger partial charge < -0.3 is 48.8 Å². The molecule has 1 aliphatic heterocycles. The largest absolute Gasteiger partial charge is 0.507 e. The number of phenolic OH excluding ortho intramolecular Hbond substituents is 4. The standard InChI is InChI=1S/C68H88N4O14/c1-65(2,3)49-33-45-29-41(61(49)77)37-69-53-17-13-14-18-54(53)70-38-42-30-46(34-50(62(42)78)66(4,5)6)85-59(75)23-27-82-28-24-60(76)86-48-32-44(64(80)52(36-48)68(10,11)12)40-72-56-20-16-15-19-55(56)71-39-43-31-47(35-51(63(43)79)67(7,8)9)84-58(74)22-26-81-25-21-57(73)83-45/h29-40,53-56,77-80H,13-28H2,1-12H3/t53-,54-,55-,56+/m1/s1. The molecule has 4 N–H and O–H groups in total. The van der Waals surface area contributed by atoms with Gasteiger partial charge in [0.25, 0.3) is 0 Å². The van der Waals surface area contributed by atoms with Gasteiger partial charge in [0.1, 0.15) is 46.0 Å². The van der Waals surface area contributed by atoms with Crippen molar-refractivity contribution in [2.75, 3.05) is 26.4 Å². The number of hydrogen-bond acceptors (Lipinski definition) is 18. The monoisotopic (exact) mass is 1180 g/mol. The van der Waals surface area contributed by atoms with Gasteiger partial charge in [0.15, 0.2) is 0 Å². The lowest BCUT2D eigenvalue weighted by Gasteiger charge is -2.26. The van der Waals surface area contributed by atoms with Crippen LogP contribution in [-0.4, -0.2) is 120 Å². The van der Waals surface area contributed by atoms with Crippen molar-refractivity contribution in [1.82, 2.24) is 0 Å². The highest BCUT2D eigenvalue weighted by atomic mass is 16.6. The highest BCUT2D eigenvalue weighted by Gasteiger charge is 2.30. The minimum Gasteiger partial charge on any atom is -0.507 e. The number of esters is 4. The molecule has 0 spiro atoms. The quantitative estimate of drug-likeness (QED) is 0.0944. The molecule has 18 nitrogen and oxygen atoms in total. The second-order valence-electron chi connectivity index (χ2n) is 26.7. The average molecular weight is 1190 g/mol. The lowest BCUT2D eigenvalue weighted by molar-refractivity contribution is -0.138. The van der Waals surface area contributed by atoms with Crippen molar-refractivity contribution in [2.24, 2.45) is 20.0 Å². The Labute approximate surface area is 506 Å². The Hall–Kier alpha value is -7.44. The fraction of sp³-hybridized carbons (Fsp3) is 0.529. The first kappa shape index (κ1) is 66.1. The summed E-state index contributed by atoms with van der Waals surface area (Å²) in [6, 6.07) is 11.6. The molecule has 3 aliphatic rings. The summed E-state index contributed by atoms with van der Waals surface area (Å²) in [6.07, 6.45) is 12.2. The van der Waals surface area contributed by atoms with Gasteiger partial charge in [0.05, 0.1) is 76.3 Å². The number of aliphatic imine (C=N–C) groups is 4. The summed E-state index contributed by atoms with van der Waals surface area (Å²) in [4.78, 5) is 72.9. The number of benzene rings is 4. The highest BCUT2D eigenvalue weighted by molar-refractivity contribution is 5.89. The SMILES string of the molecule is CC(C)(C)c1cc2cc(c1O)C=N[C@H]1CCCC[C@H]1N=Cc1cc(cc(C(C)(C)C)c1O)OC(=O)CCOCCC(=O)Oc1cc(c(O)c(C(C)(C)C)c1)C=N[C@@H]1CCCC[C@H]1N=Cc1cc(cc(C(C)(C)C)c1O)OC(=O)CCOCCC(=O)O2. The first-order chi connectivity index (χ1) is 40.4. The molecule has 1 heterocycles. The first-order valence-electron chi connectivity index (χ1n) is 30.1. The van der Waals surface area contributed by atoms with Crippen molar-refractivity contribution >= 4 is 48.7 Å². The van der Waals surface area contributed by atoms with Crippen LogP contribution in [0.25, 0.3) is 0 Å². The van der Waals surface area contributed by atoms with Crippen LogP contribution in [-0.2, 0) is 50.3 Å². The Bertz CT molecular complexity index is 2800. The molecule has 2 aliphatic carbocycles. The molecule has 0 amide bonds. The number of hydrogen-bond donors (Lipinski definition) is 4. The van der Waals surface area contributed by atoms with Crippen LogP contribution in [0.4, 0.5) is 0 Å². The fourth-order valence-electron chi connectivity index (χ4n) is 10.6. The van der Waals surface area contributed by atoms with Crippen molar-refractivity contribution in [3.8, 4) is 46.0 Å². The van der Waals surface area contributed by atoms with Gasteiger partial charge in [-0.25, -0.2) is 0 Å². The predicted octanol–water partition coefficient (Wildman–Crippen LogP) is 12.3. The summed E-state index contributed by atoms with van der Waals surface area (Å²) in [5.41, 5.74) is 1.40. The molecule has 464 valence electrons. The third-order valence-corrected chi connectivity index (χ3v) is 15.4. The number of ether oxygens (including phenoxy) is 6. The van der Waals surface area contributed by atoms with Crippen LogP contribution in [0.3, 0.4) is 0 Å². The molecule has 4 aromatic carbocycles. The molecule has 0 unspecified atom stereocenters. The van der Waals surface area contributed by atoms with Crippen LogP contribution >= 0.6 is 0 Å². The number of carbonyl (C=O) groups excluding carboxylic acids is 4. The minimum absolute atomic E-state index is 0.000972. The van der Waals surface area contributed by atoms with E-state index in [1.807, 2.05) is 83.1 Å². The Morgan fingerprint density at radius 3 is 0.721 bits per heavy atom. The van der Waals surface area contributed by atoms with Crippen LogP contribution in [0.15, 0.2) is 68.5 Å². The van der Waals surface area contributed by atoms with E-state index in [4.69, 9.17) is 48.4 Å². The first-order valence-corrected chi connectivity index (χ1v) is 30.1. The molecule has 8 bridgehead atoms. The van der Waals surface area contributed by atoms with Crippen molar-refractivity contribution in [1.29, 1.82) is 0 Å². The maximum Gasteiger partial charge on any atom is 0.313 e. The topological polar surface area (TPSA) is 254 Å². The van der Waals surface area contributed by atoms with Crippen LogP contribution in [0.2, 0.25) is 0 Å². The average Bonchev–Trinajstić information content (AvgIpc) is 2.57. The van der Waals surface area contributed by atoms with E-state index in [9.17, 15) is 39.6 Å². The summed E-state index contributed by atoms with van der Waals surface area (Å²) in [6.45, 7) is 23.1. The summed E-state index contributed by atoms with van der Waals surface area (Å²) in [5, 5.41) is 46.3. The number of aromatic hydroxyl groups is 4. The maximum absolute atomic E-state index is 13.3. The molecular formula is C68H88N4O14. The van der Waals surface area contributed by atoms with Crippen LogP contribution in [0.1, 0.15) is 205 Å². The van der Waals surface area contributed by atoms with Gasteiger partial charge in [-0.15, -0.1) is 0 Å². The Morgan fingerprint density at radius 2 is 0.535 bits per heavy atom. The van der Waals surface area contributed by atoms with E-state index < -0.39 is 45.5 Å². The number of nitrogens with zero attached hydrogens (tertiary/aromatic N) is 4. The van der Waals surface area contributed by atoms with Gasteiger partial charge in [-0.1, -0.05) is 109 Å². The Morgan fingerprint density at radius 1 is 0.337 bits per heavy atom. The Kier molecular flexibility index (Phi) is 21.8. The maximum atomic E-state index is 13.3.